The minimum Gasteiger partial charge on any atom is -0.495 e. The van der Waals surface area contributed by atoms with Gasteiger partial charge in [-0.25, -0.2) is 0 Å². The third-order valence-electron chi connectivity index (χ3n) is 4.07. The van der Waals surface area contributed by atoms with Gasteiger partial charge in [0, 0.05) is 24.5 Å². The molecule has 5 heteroatoms. The number of rotatable bonds is 8. The summed E-state index contributed by atoms with van der Waals surface area (Å²) in [6, 6.07) is 13.7. The zero-order valence-electron chi connectivity index (χ0n) is 15.4. The highest BCUT2D eigenvalue weighted by atomic mass is 16.5. The van der Waals surface area contributed by atoms with E-state index in [0.717, 1.165) is 41.5 Å². The van der Waals surface area contributed by atoms with Crippen LogP contribution < -0.4 is 20.3 Å². The highest BCUT2D eigenvalue weighted by Gasteiger charge is 2.07. The number of hydrogen-bond acceptors (Lipinski definition) is 4. The number of ether oxygens (including phenoxy) is 1. The summed E-state index contributed by atoms with van der Waals surface area (Å²) in [5.41, 5.74) is 3.87. The van der Waals surface area contributed by atoms with Crippen molar-refractivity contribution in [3.05, 3.63) is 48.0 Å². The van der Waals surface area contributed by atoms with Crippen LogP contribution in [-0.4, -0.2) is 32.7 Å². The molecule has 0 aliphatic rings. The summed E-state index contributed by atoms with van der Waals surface area (Å²) in [6.45, 7) is 8.36. The third-order valence-corrected chi connectivity index (χ3v) is 4.07. The highest BCUT2D eigenvalue weighted by Crippen LogP contribution is 2.25. The minimum atomic E-state index is -0.0980. The van der Waals surface area contributed by atoms with Crippen LogP contribution in [0.5, 0.6) is 5.75 Å². The van der Waals surface area contributed by atoms with E-state index >= 15 is 0 Å². The normalized spacial score (nSPS) is 10.2. The molecule has 0 bridgehead atoms. The summed E-state index contributed by atoms with van der Waals surface area (Å²) < 4.78 is 5.31. The number of carbonyl (C=O) groups excluding carboxylic acids is 1. The average molecular weight is 341 g/mol. The molecule has 2 N–H and O–H groups in total. The van der Waals surface area contributed by atoms with Crippen LogP contribution in [0.15, 0.2) is 42.5 Å². The van der Waals surface area contributed by atoms with Gasteiger partial charge >= 0.3 is 0 Å². The maximum Gasteiger partial charge on any atom is 0.243 e. The molecule has 0 aliphatic heterocycles. The molecule has 0 heterocycles. The zero-order chi connectivity index (χ0) is 18.2. The molecule has 0 aromatic heterocycles. The number of anilines is 3. The van der Waals surface area contributed by atoms with Gasteiger partial charge in [-0.15, -0.1) is 0 Å². The standard InChI is InChI=1S/C20H27N3O2/c1-5-23(6-2)17-10-8-16(9-11-17)22-20(24)14-21-18-13-15(3)7-12-19(18)25-4/h7-13,21H,5-6,14H2,1-4H3,(H,22,24). The molecule has 0 fully saturated rings. The average Bonchev–Trinajstić information content (AvgIpc) is 2.62. The molecule has 0 saturated carbocycles. The van der Waals surface area contributed by atoms with Crippen molar-refractivity contribution < 1.29 is 9.53 Å². The van der Waals surface area contributed by atoms with E-state index in [1.165, 1.54) is 0 Å². The first-order valence-corrected chi connectivity index (χ1v) is 8.60. The number of hydrogen-bond donors (Lipinski definition) is 2. The quantitative estimate of drug-likeness (QED) is 0.764. The summed E-state index contributed by atoms with van der Waals surface area (Å²) in [5.74, 6) is 0.626. The van der Waals surface area contributed by atoms with E-state index in [1.807, 2.05) is 49.4 Å². The molecule has 0 unspecified atom stereocenters. The number of methoxy groups -OCH3 is 1. The fraction of sp³-hybridized carbons (Fsp3) is 0.350. The van der Waals surface area contributed by atoms with Gasteiger partial charge in [-0.2, -0.15) is 0 Å². The van der Waals surface area contributed by atoms with Crippen LogP contribution in [0.1, 0.15) is 19.4 Å². The van der Waals surface area contributed by atoms with Crippen LogP contribution in [0.3, 0.4) is 0 Å². The molecule has 1 amide bonds. The van der Waals surface area contributed by atoms with E-state index in [1.54, 1.807) is 7.11 Å². The molecule has 134 valence electrons. The van der Waals surface area contributed by atoms with Gasteiger partial charge in [0.05, 0.1) is 19.3 Å². The van der Waals surface area contributed by atoms with Gasteiger partial charge in [-0.3, -0.25) is 4.79 Å². The third kappa shape index (κ3) is 5.14. The van der Waals surface area contributed by atoms with Gasteiger partial charge in [0.2, 0.25) is 5.91 Å². The lowest BCUT2D eigenvalue weighted by Gasteiger charge is -2.21. The van der Waals surface area contributed by atoms with E-state index in [-0.39, 0.29) is 12.5 Å². The number of carbonyl (C=O) groups is 1. The van der Waals surface area contributed by atoms with Gasteiger partial charge < -0.3 is 20.3 Å². The first kappa shape index (κ1) is 18.6. The predicted octanol–water partition coefficient (Wildman–Crippen LogP) is 3.90. The lowest BCUT2D eigenvalue weighted by molar-refractivity contribution is -0.114. The summed E-state index contributed by atoms with van der Waals surface area (Å²) in [5, 5.41) is 6.03. The number of nitrogens with zero attached hydrogens (tertiary/aromatic N) is 1. The van der Waals surface area contributed by atoms with Gasteiger partial charge in [0.15, 0.2) is 0 Å². The van der Waals surface area contributed by atoms with Gasteiger partial charge in [0.25, 0.3) is 0 Å². The molecular weight excluding hydrogens is 314 g/mol. The summed E-state index contributed by atoms with van der Waals surface area (Å²) in [4.78, 5) is 14.4. The Hall–Kier alpha value is -2.69. The predicted molar refractivity (Wildman–Crippen MR) is 105 cm³/mol. The SMILES string of the molecule is CCN(CC)c1ccc(NC(=O)CNc2cc(C)ccc2OC)cc1. The van der Waals surface area contributed by atoms with Gasteiger partial charge in [-0.1, -0.05) is 6.07 Å². The molecule has 0 atom stereocenters. The van der Waals surface area contributed by atoms with Crippen molar-refractivity contribution in [2.45, 2.75) is 20.8 Å². The van der Waals surface area contributed by atoms with Crippen LogP contribution in [0, 0.1) is 6.92 Å². The molecule has 2 rings (SSSR count). The fourth-order valence-corrected chi connectivity index (χ4v) is 2.68. The Morgan fingerprint density at radius 2 is 1.76 bits per heavy atom. The number of benzene rings is 2. The van der Waals surface area contributed by atoms with Crippen molar-refractivity contribution in [3.8, 4) is 5.75 Å². The van der Waals surface area contributed by atoms with Crippen molar-refractivity contribution >= 4 is 23.0 Å². The Bertz CT molecular complexity index is 695. The lowest BCUT2D eigenvalue weighted by Crippen LogP contribution is -2.23. The van der Waals surface area contributed by atoms with Gasteiger partial charge in [-0.05, 0) is 62.7 Å². The second-order valence-corrected chi connectivity index (χ2v) is 5.82. The molecule has 25 heavy (non-hydrogen) atoms. The van der Waals surface area contributed by atoms with Gasteiger partial charge in [0.1, 0.15) is 5.75 Å². The Labute approximate surface area is 150 Å². The molecule has 0 aliphatic carbocycles. The maximum absolute atomic E-state index is 12.2. The second-order valence-electron chi connectivity index (χ2n) is 5.82. The van der Waals surface area contributed by atoms with E-state index in [2.05, 4.69) is 29.4 Å². The maximum atomic E-state index is 12.2. The molecule has 2 aromatic rings. The number of amides is 1. The van der Waals surface area contributed by atoms with Crippen LogP contribution in [0.25, 0.3) is 0 Å². The molecule has 2 aromatic carbocycles. The largest absolute Gasteiger partial charge is 0.495 e. The number of aryl methyl sites for hydroxylation is 1. The minimum absolute atomic E-state index is 0.0980. The Kier molecular flexibility index (Phi) is 6.69. The fourth-order valence-electron chi connectivity index (χ4n) is 2.68. The Balaban J connectivity index is 1.93. The van der Waals surface area contributed by atoms with Crippen LogP contribution in [0.4, 0.5) is 17.1 Å². The summed E-state index contributed by atoms with van der Waals surface area (Å²) in [6.07, 6.45) is 0. The van der Waals surface area contributed by atoms with E-state index < -0.39 is 0 Å². The van der Waals surface area contributed by atoms with E-state index in [0.29, 0.717) is 0 Å². The smallest absolute Gasteiger partial charge is 0.243 e. The first-order chi connectivity index (χ1) is 12.1. The van der Waals surface area contributed by atoms with Crippen molar-refractivity contribution in [3.63, 3.8) is 0 Å². The Morgan fingerprint density at radius 3 is 2.36 bits per heavy atom. The molecule has 0 saturated heterocycles. The molecule has 0 spiro atoms. The molecule has 0 radical (unpaired) electrons. The Morgan fingerprint density at radius 1 is 1.08 bits per heavy atom. The second kappa shape index (κ2) is 8.97. The van der Waals surface area contributed by atoms with Crippen molar-refractivity contribution in [2.75, 3.05) is 42.3 Å². The molecule has 5 nitrogen and oxygen atoms in total. The van der Waals surface area contributed by atoms with Crippen LogP contribution in [-0.2, 0) is 4.79 Å². The zero-order valence-corrected chi connectivity index (χ0v) is 15.4. The number of nitrogens with one attached hydrogen (secondary N) is 2. The van der Waals surface area contributed by atoms with Crippen molar-refractivity contribution in [1.82, 2.24) is 0 Å². The van der Waals surface area contributed by atoms with E-state index in [4.69, 9.17) is 4.74 Å². The van der Waals surface area contributed by atoms with E-state index in [9.17, 15) is 4.79 Å². The first-order valence-electron chi connectivity index (χ1n) is 8.60. The van der Waals surface area contributed by atoms with Crippen molar-refractivity contribution in [1.29, 1.82) is 0 Å². The summed E-state index contributed by atoms with van der Waals surface area (Å²) >= 11 is 0. The summed E-state index contributed by atoms with van der Waals surface area (Å²) in [7, 11) is 1.62. The highest BCUT2D eigenvalue weighted by molar-refractivity contribution is 5.94. The monoisotopic (exact) mass is 341 g/mol. The topological polar surface area (TPSA) is 53.6 Å². The van der Waals surface area contributed by atoms with Crippen LogP contribution >= 0.6 is 0 Å². The van der Waals surface area contributed by atoms with Crippen LogP contribution in [0.2, 0.25) is 0 Å². The molecular formula is C20H27N3O2. The lowest BCUT2D eigenvalue weighted by atomic mass is 10.2. The van der Waals surface area contributed by atoms with Crippen molar-refractivity contribution in [2.24, 2.45) is 0 Å².